The summed E-state index contributed by atoms with van der Waals surface area (Å²) in [6, 6.07) is 5.65. The minimum atomic E-state index is -0.398. The molecule has 0 bridgehead atoms. The van der Waals surface area contributed by atoms with Crippen LogP contribution in [0.1, 0.15) is 65.4 Å². The average Bonchev–Trinajstić information content (AvgIpc) is 2.70. The van der Waals surface area contributed by atoms with E-state index in [0.717, 1.165) is 17.8 Å². The standard InChI is InChI=1S/C19H29BO3/c1-18(2)19(3,4)23-20(22-18)17-13-16(21)11-10-15(17)12-14-8-6-5-7-9-14/h10-11,13-14,21H,5-9,12H2,1-4H3. The van der Waals surface area contributed by atoms with Crippen LogP contribution in [0.5, 0.6) is 5.75 Å². The van der Waals surface area contributed by atoms with Gasteiger partial charge < -0.3 is 14.4 Å². The second-order valence-electron chi connectivity index (χ2n) is 8.18. The minimum absolute atomic E-state index is 0.280. The van der Waals surface area contributed by atoms with Crippen LogP contribution in [0.2, 0.25) is 0 Å². The maximum atomic E-state index is 9.95. The lowest BCUT2D eigenvalue weighted by Crippen LogP contribution is -2.41. The molecule has 0 atom stereocenters. The van der Waals surface area contributed by atoms with Gasteiger partial charge in [0, 0.05) is 0 Å². The Labute approximate surface area is 140 Å². The zero-order chi connectivity index (χ0) is 16.7. The quantitative estimate of drug-likeness (QED) is 0.862. The largest absolute Gasteiger partial charge is 0.508 e. The Morgan fingerprint density at radius 3 is 2.26 bits per heavy atom. The van der Waals surface area contributed by atoms with Crippen molar-refractivity contribution >= 4 is 12.6 Å². The molecule has 4 heteroatoms. The Balaban J connectivity index is 1.85. The summed E-state index contributed by atoms with van der Waals surface area (Å²) in [6.45, 7) is 8.26. The molecule has 1 heterocycles. The van der Waals surface area contributed by atoms with Crippen molar-refractivity contribution in [2.75, 3.05) is 0 Å². The number of aromatic hydroxyl groups is 1. The fourth-order valence-corrected chi connectivity index (χ4v) is 3.66. The van der Waals surface area contributed by atoms with E-state index in [1.165, 1.54) is 37.7 Å². The van der Waals surface area contributed by atoms with Gasteiger partial charge in [0.15, 0.2) is 0 Å². The molecular weight excluding hydrogens is 287 g/mol. The summed E-state index contributed by atoms with van der Waals surface area (Å²) >= 11 is 0. The van der Waals surface area contributed by atoms with E-state index in [9.17, 15) is 5.11 Å². The van der Waals surface area contributed by atoms with Crippen molar-refractivity contribution in [2.24, 2.45) is 5.92 Å². The Hall–Kier alpha value is -0.995. The number of benzene rings is 1. The molecular formula is C19H29BO3. The summed E-state index contributed by atoms with van der Waals surface area (Å²) in [5, 5.41) is 9.95. The molecule has 23 heavy (non-hydrogen) atoms. The molecule has 0 amide bonds. The van der Waals surface area contributed by atoms with Gasteiger partial charge in [0.1, 0.15) is 5.75 Å². The van der Waals surface area contributed by atoms with Crippen LogP contribution in [-0.4, -0.2) is 23.4 Å². The normalized spacial score (nSPS) is 24.1. The smallest absolute Gasteiger partial charge is 0.495 e. The van der Waals surface area contributed by atoms with E-state index < -0.39 is 7.12 Å². The van der Waals surface area contributed by atoms with Gasteiger partial charge in [-0.1, -0.05) is 38.2 Å². The van der Waals surface area contributed by atoms with E-state index in [1.807, 2.05) is 12.1 Å². The Bertz CT molecular complexity index is 546. The molecule has 2 aliphatic rings. The lowest BCUT2D eigenvalue weighted by Gasteiger charge is -2.32. The van der Waals surface area contributed by atoms with Crippen molar-refractivity contribution in [1.82, 2.24) is 0 Å². The molecule has 3 nitrogen and oxygen atoms in total. The van der Waals surface area contributed by atoms with Crippen molar-refractivity contribution in [3.05, 3.63) is 23.8 Å². The zero-order valence-corrected chi connectivity index (χ0v) is 14.9. The van der Waals surface area contributed by atoms with Crippen LogP contribution in [0, 0.1) is 5.92 Å². The summed E-state index contributed by atoms with van der Waals surface area (Å²) < 4.78 is 12.4. The molecule has 1 saturated carbocycles. The average molecular weight is 316 g/mol. The monoisotopic (exact) mass is 316 g/mol. The highest BCUT2D eigenvalue weighted by molar-refractivity contribution is 6.62. The molecule has 0 unspecified atom stereocenters. The maximum Gasteiger partial charge on any atom is 0.495 e. The third kappa shape index (κ3) is 3.43. The molecule has 0 radical (unpaired) electrons. The first-order valence-electron chi connectivity index (χ1n) is 8.96. The molecule has 2 fully saturated rings. The molecule has 1 N–H and O–H groups in total. The fraction of sp³-hybridized carbons (Fsp3) is 0.684. The maximum absolute atomic E-state index is 9.95. The number of phenolic OH excluding ortho intramolecular Hbond substituents is 1. The first kappa shape index (κ1) is 16.8. The number of hydrogen-bond acceptors (Lipinski definition) is 3. The van der Waals surface area contributed by atoms with Crippen molar-refractivity contribution in [3.63, 3.8) is 0 Å². The predicted molar refractivity (Wildman–Crippen MR) is 94.1 cm³/mol. The lowest BCUT2D eigenvalue weighted by molar-refractivity contribution is 0.00578. The van der Waals surface area contributed by atoms with Crippen LogP contribution in [0.3, 0.4) is 0 Å². The van der Waals surface area contributed by atoms with Crippen LogP contribution in [0.15, 0.2) is 18.2 Å². The predicted octanol–water partition coefficient (Wildman–Crippen LogP) is 3.81. The van der Waals surface area contributed by atoms with E-state index in [0.29, 0.717) is 0 Å². The van der Waals surface area contributed by atoms with Crippen LogP contribution in [0.4, 0.5) is 0 Å². The number of hydrogen-bond donors (Lipinski definition) is 1. The molecule has 126 valence electrons. The fourth-order valence-electron chi connectivity index (χ4n) is 3.66. The summed E-state index contributed by atoms with van der Waals surface area (Å²) in [5.41, 5.74) is 1.54. The van der Waals surface area contributed by atoms with Gasteiger partial charge in [-0.25, -0.2) is 0 Å². The zero-order valence-electron chi connectivity index (χ0n) is 14.9. The van der Waals surface area contributed by atoms with E-state index in [4.69, 9.17) is 9.31 Å². The third-order valence-electron chi connectivity index (χ3n) is 5.87. The molecule has 0 spiro atoms. The van der Waals surface area contributed by atoms with E-state index in [2.05, 4.69) is 27.7 Å². The summed E-state index contributed by atoms with van der Waals surface area (Å²) in [4.78, 5) is 0. The van der Waals surface area contributed by atoms with Gasteiger partial charge in [-0.2, -0.15) is 0 Å². The summed E-state index contributed by atoms with van der Waals surface area (Å²) in [7, 11) is -0.398. The van der Waals surface area contributed by atoms with E-state index >= 15 is 0 Å². The molecule has 1 aromatic carbocycles. The molecule has 1 aromatic rings. The van der Waals surface area contributed by atoms with E-state index in [1.54, 1.807) is 6.07 Å². The SMILES string of the molecule is CC1(C)OB(c2cc(O)ccc2CC2CCCCC2)OC1(C)C. The molecule has 1 aliphatic carbocycles. The Kier molecular flexibility index (Phi) is 4.50. The van der Waals surface area contributed by atoms with Gasteiger partial charge in [0.25, 0.3) is 0 Å². The Morgan fingerprint density at radius 1 is 1.04 bits per heavy atom. The van der Waals surface area contributed by atoms with Gasteiger partial charge in [-0.15, -0.1) is 0 Å². The van der Waals surface area contributed by atoms with Crippen molar-refractivity contribution in [3.8, 4) is 5.75 Å². The van der Waals surface area contributed by atoms with Crippen molar-refractivity contribution < 1.29 is 14.4 Å². The summed E-state index contributed by atoms with van der Waals surface area (Å²) in [6.07, 6.45) is 7.73. The molecule has 1 aliphatic heterocycles. The lowest BCUT2D eigenvalue weighted by atomic mass is 9.73. The van der Waals surface area contributed by atoms with Crippen LogP contribution < -0.4 is 5.46 Å². The van der Waals surface area contributed by atoms with Gasteiger partial charge in [-0.05, 0) is 63.2 Å². The first-order valence-corrected chi connectivity index (χ1v) is 8.96. The van der Waals surface area contributed by atoms with Gasteiger partial charge in [-0.3, -0.25) is 0 Å². The molecule has 1 saturated heterocycles. The number of rotatable bonds is 3. The van der Waals surface area contributed by atoms with E-state index in [-0.39, 0.29) is 17.0 Å². The molecule has 0 aromatic heterocycles. The second-order valence-corrected chi connectivity index (χ2v) is 8.18. The highest BCUT2D eigenvalue weighted by Gasteiger charge is 2.52. The van der Waals surface area contributed by atoms with Crippen LogP contribution in [0.25, 0.3) is 0 Å². The second kappa shape index (κ2) is 6.14. The third-order valence-corrected chi connectivity index (χ3v) is 5.87. The van der Waals surface area contributed by atoms with Crippen molar-refractivity contribution in [2.45, 2.75) is 77.4 Å². The first-order chi connectivity index (χ1) is 10.8. The van der Waals surface area contributed by atoms with Gasteiger partial charge in [0.2, 0.25) is 0 Å². The van der Waals surface area contributed by atoms with Gasteiger partial charge in [0.05, 0.1) is 11.2 Å². The van der Waals surface area contributed by atoms with Crippen LogP contribution >= 0.6 is 0 Å². The number of phenols is 1. The molecule has 3 rings (SSSR count). The highest BCUT2D eigenvalue weighted by atomic mass is 16.7. The summed E-state index contributed by atoms with van der Waals surface area (Å²) in [5.74, 6) is 1.02. The van der Waals surface area contributed by atoms with Crippen LogP contribution in [-0.2, 0) is 15.7 Å². The minimum Gasteiger partial charge on any atom is -0.508 e. The Morgan fingerprint density at radius 2 is 1.65 bits per heavy atom. The van der Waals surface area contributed by atoms with Crippen molar-refractivity contribution in [1.29, 1.82) is 0 Å². The van der Waals surface area contributed by atoms with Gasteiger partial charge >= 0.3 is 7.12 Å². The highest BCUT2D eigenvalue weighted by Crippen LogP contribution is 2.37. The topological polar surface area (TPSA) is 38.7 Å².